The van der Waals surface area contributed by atoms with Gasteiger partial charge in [-0.1, -0.05) is 54.6 Å². The lowest BCUT2D eigenvalue weighted by molar-refractivity contribution is -0.000597. The number of anilines is 1. The maximum atomic E-state index is 13.3. The highest BCUT2D eigenvalue weighted by Crippen LogP contribution is 2.36. The molecule has 42 heavy (non-hydrogen) atoms. The van der Waals surface area contributed by atoms with Crippen LogP contribution in [0.4, 0.5) is 15.3 Å². The van der Waals surface area contributed by atoms with Gasteiger partial charge < -0.3 is 9.47 Å². The van der Waals surface area contributed by atoms with E-state index in [2.05, 4.69) is 0 Å². The van der Waals surface area contributed by atoms with Gasteiger partial charge in [0.25, 0.3) is 11.8 Å². The van der Waals surface area contributed by atoms with Crippen LogP contribution in [0.2, 0.25) is 0 Å². The molecule has 0 aliphatic carbocycles. The Morgan fingerprint density at radius 1 is 0.714 bits per heavy atom. The molecule has 216 valence electrons. The number of ether oxygens (including phenoxy) is 2. The average molecular weight is 568 g/mol. The molecule has 2 aliphatic rings. The van der Waals surface area contributed by atoms with Crippen molar-refractivity contribution in [2.75, 3.05) is 18.1 Å². The van der Waals surface area contributed by atoms with E-state index in [1.807, 2.05) is 49.4 Å². The fourth-order valence-electron chi connectivity index (χ4n) is 5.49. The molecule has 3 aromatic carbocycles. The van der Waals surface area contributed by atoms with Gasteiger partial charge in [-0.3, -0.25) is 9.59 Å². The lowest BCUT2D eigenvalue weighted by Gasteiger charge is -2.31. The number of benzene rings is 3. The molecule has 0 N–H and O–H groups in total. The summed E-state index contributed by atoms with van der Waals surface area (Å²) in [7, 11) is 0. The van der Waals surface area contributed by atoms with Crippen molar-refractivity contribution < 1.29 is 28.7 Å². The molecule has 2 aliphatic heterocycles. The third kappa shape index (κ3) is 5.37. The molecule has 0 aromatic heterocycles. The molecule has 9 heteroatoms. The number of rotatable bonds is 8. The quantitative estimate of drug-likeness (QED) is 0.303. The molecule has 9 nitrogen and oxygen atoms in total. The first kappa shape index (κ1) is 28.6. The van der Waals surface area contributed by atoms with Gasteiger partial charge in [0.05, 0.1) is 41.8 Å². The van der Waals surface area contributed by atoms with Crippen LogP contribution >= 0.6 is 0 Å². The lowest BCUT2D eigenvalue weighted by Crippen LogP contribution is -2.49. The van der Waals surface area contributed by atoms with Crippen molar-refractivity contribution in [3.8, 4) is 0 Å². The highest BCUT2D eigenvalue weighted by molar-refractivity contribution is 6.34. The zero-order chi connectivity index (χ0) is 29.8. The number of imide groups is 1. The number of hydrogen-bond donors (Lipinski definition) is 0. The predicted octanol–water partition coefficient (Wildman–Crippen LogP) is 6.15. The van der Waals surface area contributed by atoms with Crippen molar-refractivity contribution in [3.05, 3.63) is 112 Å². The summed E-state index contributed by atoms with van der Waals surface area (Å²) in [6, 6.07) is 23.4. The van der Waals surface area contributed by atoms with Crippen LogP contribution in [0, 0.1) is 0 Å². The summed E-state index contributed by atoms with van der Waals surface area (Å²) < 4.78 is 10.7. The molecule has 3 aromatic rings. The Kier molecular flexibility index (Phi) is 8.38. The Morgan fingerprint density at radius 3 is 1.88 bits per heavy atom. The molecule has 0 bridgehead atoms. The summed E-state index contributed by atoms with van der Waals surface area (Å²) in [6.07, 6.45) is 0.345. The second-order valence-corrected chi connectivity index (χ2v) is 10.0. The van der Waals surface area contributed by atoms with Crippen LogP contribution in [-0.4, -0.2) is 53.3 Å². The smallest absolute Gasteiger partial charge is 0.433 e. The van der Waals surface area contributed by atoms with E-state index in [-0.39, 0.29) is 25.0 Å². The van der Waals surface area contributed by atoms with E-state index in [4.69, 9.17) is 9.47 Å². The Hall–Kier alpha value is -4.92. The second kappa shape index (κ2) is 12.3. The number of amides is 4. The fraction of sp³-hybridized carbons (Fsp3) is 0.273. The first-order valence-corrected chi connectivity index (χ1v) is 14.1. The summed E-state index contributed by atoms with van der Waals surface area (Å²) in [6.45, 7) is 5.61. The van der Waals surface area contributed by atoms with E-state index in [9.17, 15) is 19.2 Å². The minimum Gasteiger partial charge on any atom is -0.448 e. The van der Waals surface area contributed by atoms with Crippen LogP contribution in [0.1, 0.15) is 59.0 Å². The molecule has 4 amide bonds. The maximum Gasteiger partial charge on any atom is 0.433 e. The van der Waals surface area contributed by atoms with E-state index in [1.54, 1.807) is 50.2 Å². The van der Waals surface area contributed by atoms with Gasteiger partial charge in [-0.2, -0.15) is 5.01 Å². The van der Waals surface area contributed by atoms with E-state index in [1.165, 1.54) is 14.9 Å². The molecular weight excluding hydrogens is 534 g/mol. The Labute approximate surface area is 244 Å². The third-order valence-electron chi connectivity index (χ3n) is 7.49. The molecule has 1 atom stereocenters. The molecule has 0 fully saturated rings. The van der Waals surface area contributed by atoms with Gasteiger partial charge >= 0.3 is 12.2 Å². The molecule has 0 radical (unpaired) electrons. The van der Waals surface area contributed by atoms with Gasteiger partial charge in [-0.05, 0) is 74.6 Å². The summed E-state index contributed by atoms with van der Waals surface area (Å²) in [4.78, 5) is 53.5. The van der Waals surface area contributed by atoms with Crippen LogP contribution in [0.3, 0.4) is 0 Å². The minimum atomic E-state index is -0.662. The first-order chi connectivity index (χ1) is 20.3. The highest BCUT2D eigenvalue weighted by Gasteiger charge is 2.44. The Balaban J connectivity index is 1.47. The molecular formula is C33H33N3O6. The van der Waals surface area contributed by atoms with Crippen molar-refractivity contribution in [2.45, 2.75) is 46.1 Å². The molecule has 5 rings (SSSR count). The first-order valence-electron chi connectivity index (χ1n) is 14.1. The highest BCUT2D eigenvalue weighted by atomic mass is 16.6. The van der Waals surface area contributed by atoms with E-state index >= 15 is 0 Å². The normalized spacial score (nSPS) is 16.3. The fourth-order valence-corrected chi connectivity index (χ4v) is 5.49. The topological polar surface area (TPSA) is 96.5 Å². The minimum absolute atomic E-state index is 0.141. The van der Waals surface area contributed by atoms with Gasteiger partial charge in [0.15, 0.2) is 0 Å². The van der Waals surface area contributed by atoms with Crippen molar-refractivity contribution in [2.24, 2.45) is 0 Å². The summed E-state index contributed by atoms with van der Waals surface area (Å²) in [5, 5.41) is 2.62. The van der Waals surface area contributed by atoms with Crippen molar-refractivity contribution >= 4 is 29.7 Å². The Morgan fingerprint density at radius 2 is 1.29 bits per heavy atom. The van der Waals surface area contributed by atoms with Gasteiger partial charge in [0.1, 0.15) is 0 Å². The largest absolute Gasteiger partial charge is 0.448 e. The number of hydrazine groups is 1. The SMILES string of the molecule is CCOC(=O)N1C(Cc2ccc(N3C(=O)c4ccccc4C3=O)cc2)=C(CCc2ccccc2)[C@H](C)N1C(=O)OCC. The van der Waals surface area contributed by atoms with Gasteiger partial charge in [-0.15, -0.1) is 0 Å². The van der Waals surface area contributed by atoms with E-state index in [0.29, 0.717) is 35.4 Å². The van der Waals surface area contributed by atoms with Crippen molar-refractivity contribution in [1.29, 1.82) is 0 Å². The molecule has 0 saturated heterocycles. The molecule has 0 spiro atoms. The number of allylic oxidation sites excluding steroid dienone is 1. The van der Waals surface area contributed by atoms with Gasteiger partial charge in [0, 0.05) is 6.42 Å². The summed E-state index contributed by atoms with van der Waals surface area (Å²) in [5.74, 6) is -0.727. The van der Waals surface area contributed by atoms with Gasteiger partial charge in [0.2, 0.25) is 0 Å². The van der Waals surface area contributed by atoms with Crippen LogP contribution in [-0.2, 0) is 22.3 Å². The van der Waals surface area contributed by atoms with Crippen LogP contribution < -0.4 is 4.90 Å². The number of carbonyl (C=O) groups excluding carboxylic acids is 4. The van der Waals surface area contributed by atoms with Gasteiger partial charge in [-0.25, -0.2) is 19.5 Å². The zero-order valence-electron chi connectivity index (χ0n) is 23.9. The standard InChI is InChI=1S/C33H33N3O6/c1-4-41-32(39)35-22(3)26(20-17-23-11-7-6-8-12-23)29(36(35)33(40)42-5-2)21-24-15-18-25(19-16-24)34-30(37)27-13-9-10-14-28(27)31(34)38/h6-16,18-19,22H,4-5,17,20-21H2,1-3H3/t22-/m0/s1. The van der Waals surface area contributed by atoms with E-state index in [0.717, 1.165) is 23.1 Å². The zero-order valence-corrected chi connectivity index (χ0v) is 23.9. The molecule has 0 unspecified atom stereocenters. The number of carbonyl (C=O) groups is 4. The number of nitrogens with zero attached hydrogens (tertiary/aromatic N) is 3. The third-order valence-corrected chi connectivity index (χ3v) is 7.49. The summed E-state index contributed by atoms with van der Waals surface area (Å²) in [5.41, 5.74) is 4.74. The molecule has 0 saturated carbocycles. The molecule has 2 heterocycles. The number of hydrogen-bond acceptors (Lipinski definition) is 6. The monoisotopic (exact) mass is 567 g/mol. The Bertz CT molecular complexity index is 1500. The van der Waals surface area contributed by atoms with Crippen LogP contribution in [0.5, 0.6) is 0 Å². The maximum absolute atomic E-state index is 13.3. The second-order valence-electron chi connectivity index (χ2n) is 10.0. The lowest BCUT2D eigenvalue weighted by atomic mass is 9.96. The van der Waals surface area contributed by atoms with Crippen molar-refractivity contribution in [1.82, 2.24) is 10.0 Å². The number of fused-ring (bicyclic) bond motifs is 1. The predicted molar refractivity (Wildman–Crippen MR) is 157 cm³/mol. The average Bonchev–Trinajstić information content (AvgIpc) is 3.42. The van der Waals surface area contributed by atoms with Crippen molar-refractivity contribution in [3.63, 3.8) is 0 Å². The van der Waals surface area contributed by atoms with E-state index < -0.39 is 18.2 Å². The number of aryl methyl sites for hydroxylation is 1. The summed E-state index contributed by atoms with van der Waals surface area (Å²) >= 11 is 0. The van der Waals surface area contributed by atoms with Crippen LogP contribution in [0.15, 0.2) is 90.1 Å². The van der Waals surface area contributed by atoms with Crippen LogP contribution in [0.25, 0.3) is 0 Å².